The zero-order chi connectivity index (χ0) is 17.9. The monoisotopic (exact) mass is 356 g/mol. The smallest absolute Gasteiger partial charge is 0.410 e. The van der Waals surface area contributed by atoms with E-state index in [1.807, 2.05) is 27.8 Å². The second-order valence-electron chi connectivity index (χ2n) is 7.31. The van der Waals surface area contributed by atoms with Gasteiger partial charge >= 0.3 is 6.09 Å². The number of likely N-dealkylation sites (N-methyl/N-ethyl adjacent to an activating group) is 1. The Kier molecular flexibility index (Phi) is 6.10. The Labute approximate surface area is 148 Å². The quantitative estimate of drug-likeness (QED) is 0.890. The van der Waals surface area contributed by atoms with E-state index in [2.05, 4.69) is 5.32 Å². The molecule has 1 heterocycles. The van der Waals surface area contributed by atoms with Gasteiger partial charge in [-0.2, -0.15) is 0 Å². The van der Waals surface area contributed by atoms with Crippen molar-refractivity contribution in [2.24, 2.45) is 5.92 Å². The molecule has 1 fully saturated rings. The topological polar surface area (TPSA) is 41.6 Å². The summed E-state index contributed by atoms with van der Waals surface area (Å²) in [6.45, 7) is 6.85. The van der Waals surface area contributed by atoms with Crippen LogP contribution in [0.2, 0.25) is 5.02 Å². The lowest BCUT2D eigenvalue weighted by Gasteiger charge is -2.26. The number of carbonyl (C=O) groups is 1. The van der Waals surface area contributed by atoms with Crippen molar-refractivity contribution in [1.82, 2.24) is 10.2 Å². The van der Waals surface area contributed by atoms with Crippen molar-refractivity contribution in [1.29, 1.82) is 0 Å². The molecule has 1 N–H and O–H groups in total. The molecular weight excluding hydrogens is 331 g/mol. The van der Waals surface area contributed by atoms with E-state index >= 15 is 0 Å². The van der Waals surface area contributed by atoms with Gasteiger partial charge in [0.15, 0.2) is 0 Å². The molecule has 24 heavy (non-hydrogen) atoms. The minimum atomic E-state index is -0.499. The van der Waals surface area contributed by atoms with Gasteiger partial charge in [-0.1, -0.05) is 11.6 Å². The number of amides is 1. The van der Waals surface area contributed by atoms with Crippen LogP contribution in [0.3, 0.4) is 0 Å². The summed E-state index contributed by atoms with van der Waals surface area (Å²) < 4.78 is 19.4. The van der Waals surface area contributed by atoms with Crippen LogP contribution in [0.4, 0.5) is 9.18 Å². The average Bonchev–Trinajstić information content (AvgIpc) is 2.96. The fourth-order valence-corrected chi connectivity index (χ4v) is 3.24. The summed E-state index contributed by atoms with van der Waals surface area (Å²) in [6, 6.07) is 4.69. The van der Waals surface area contributed by atoms with E-state index in [0.717, 1.165) is 6.42 Å². The van der Waals surface area contributed by atoms with Crippen LogP contribution in [0.1, 0.15) is 32.8 Å². The van der Waals surface area contributed by atoms with Crippen molar-refractivity contribution in [2.75, 3.05) is 20.1 Å². The van der Waals surface area contributed by atoms with Crippen molar-refractivity contribution in [3.8, 4) is 0 Å². The molecule has 1 amide bonds. The van der Waals surface area contributed by atoms with E-state index in [1.54, 1.807) is 17.0 Å². The molecule has 1 aliphatic rings. The van der Waals surface area contributed by atoms with E-state index in [9.17, 15) is 9.18 Å². The molecule has 2 unspecified atom stereocenters. The lowest BCUT2D eigenvalue weighted by Crippen LogP contribution is -2.39. The van der Waals surface area contributed by atoms with Gasteiger partial charge in [0.2, 0.25) is 0 Å². The van der Waals surface area contributed by atoms with Gasteiger partial charge in [0.25, 0.3) is 0 Å². The molecule has 2 atom stereocenters. The minimum absolute atomic E-state index is 0.0744. The molecule has 0 spiro atoms. The van der Waals surface area contributed by atoms with Gasteiger partial charge in [0.1, 0.15) is 11.4 Å². The van der Waals surface area contributed by atoms with Crippen molar-refractivity contribution >= 4 is 17.7 Å². The molecule has 0 aliphatic carbocycles. The zero-order valence-corrected chi connectivity index (χ0v) is 15.5. The zero-order valence-electron chi connectivity index (χ0n) is 14.7. The summed E-state index contributed by atoms with van der Waals surface area (Å²) in [6.07, 6.45) is 1.12. The highest BCUT2D eigenvalue weighted by atomic mass is 35.5. The molecule has 0 bridgehead atoms. The second-order valence-corrected chi connectivity index (χ2v) is 7.75. The molecule has 2 rings (SSSR count). The number of benzene rings is 1. The molecule has 134 valence electrons. The van der Waals surface area contributed by atoms with Crippen molar-refractivity contribution in [3.63, 3.8) is 0 Å². The normalized spacial score (nSPS) is 19.4. The Balaban J connectivity index is 1.99. The number of ether oxygens (including phenoxy) is 1. The predicted molar refractivity (Wildman–Crippen MR) is 93.9 cm³/mol. The summed E-state index contributed by atoms with van der Waals surface area (Å²) in [5, 5.41) is 3.79. The fraction of sp³-hybridized carbons (Fsp3) is 0.611. The molecular formula is C18H26ClFN2O2. The van der Waals surface area contributed by atoms with Gasteiger partial charge in [-0.3, -0.25) is 0 Å². The van der Waals surface area contributed by atoms with Crippen LogP contribution in [0.5, 0.6) is 0 Å². The number of halogens is 2. The molecule has 1 aromatic rings. The lowest BCUT2D eigenvalue weighted by molar-refractivity contribution is 0.0285. The van der Waals surface area contributed by atoms with Crippen LogP contribution < -0.4 is 5.32 Å². The van der Waals surface area contributed by atoms with Crippen LogP contribution in [0, 0.1) is 11.7 Å². The summed E-state index contributed by atoms with van der Waals surface area (Å²) in [5.41, 5.74) is 0.0965. The van der Waals surface area contributed by atoms with Crippen LogP contribution in [-0.4, -0.2) is 42.8 Å². The number of nitrogens with one attached hydrogen (secondary N) is 1. The summed E-state index contributed by atoms with van der Waals surface area (Å²) in [7, 11) is 1.86. The third-order valence-corrected chi connectivity index (χ3v) is 4.50. The SMILES string of the molecule is CNC(Cc1cc(Cl)ccc1F)C1CCN(C(=O)OC(C)(C)C)C1. The number of nitrogens with zero attached hydrogens (tertiary/aromatic N) is 1. The first-order valence-electron chi connectivity index (χ1n) is 8.28. The molecule has 0 radical (unpaired) electrons. The summed E-state index contributed by atoms with van der Waals surface area (Å²) >= 11 is 5.97. The predicted octanol–water partition coefficient (Wildman–Crippen LogP) is 3.87. The van der Waals surface area contributed by atoms with E-state index in [1.165, 1.54) is 6.07 Å². The Morgan fingerprint density at radius 1 is 1.50 bits per heavy atom. The number of likely N-dealkylation sites (tertiary alicyclic amines) is 1. The molecule has 0 aromatic heterocycles. The van der Waals surface area contributed by atoms with Crippen molar-refractivity contribution in [2.45, 2.75) is 45.3 Å². The van der Waals surface area contributed by atoms with Gasteiger partial charge in [-0.05, 0) is 70.3 Å². The first-order chi connectivity index (χ1) is 11.2. The van der Waals surface area contributed by atoms with E-state index in [-0.39, 0.29) is 23.9 Å². The summed E-state index contributed by atoms with van der Waals surface area (Å²) in [4.78, 5) is 13.9. The van der Waals surface area contributed by atoms with E-state index in [0.29, 0.717) is 30.1 Å². The molecule has 4 nitrogen and oxygen atoms in total. The van der Waals surface area contributed by atoms with Crippen LogP contribution >= 0.6 is 11.6 Å². The average molecular weight is 357 g/mol. The lowest BCUT2D eigenvalue weighted by atomic mass is 9.92. The number of carbonyl (C=O) groups excluding carboxylic acids is 1. The van der Waals surface area contributed by atoms with E-state index in [4.69, 9.17) is 16.3 Å². The van der Waals surface area contributed by atoms with E-state index < -0.39 is 5.60 Å². The first kappa shape index (κ1) is 19.0. The molecule has 1 saturated heterocycles. The highest BCUT2D eigenvalue weighted by molar-refractivity contribution is 6.30. The van der Waals surface area contributed by atoms with Crippen molar-refractivity contribution in [3.05, 3.63) is 34.6 Å². The summed E-state index contributed by atoms with van der Waals surface area (Å²) in [5.74, 6) is 0.00236. The van der Waals surface area contributed by atoms with Gasteiger partial charge < -0.3 is 15.0 Å². The number of hydrogen-bond acceptors (Lipinski definition) is 3. The maximum Gasteiger partial charge on any atom is 0.410 e. The Morgan fingerprint density at radius 2 is 2.21 bits per heavy atom. The Morgan fingerprint density at radius 3 is 2.83 bits per heavy atom. The maximum absolute atomic E-state index is 14.0. The second kappa shape index (κ2) is 7.70. The number of rotatable bonds is 4. The third kappa shape index (κ3) is 5.08. The van der Waals surface area contributed by atoms with Gasteiger partial charge in [-0.25, -0.2) is 9.18 Å². The van der Waals surface area contributed by atoms with Gasteiger partial charge in [0.05, 0.1) is 0 Å². The Hall–Kier alpha value is -1.33. The van der Waals surface area contributed by atoms with Gasteiger partial charge in [-0.15, -0.1) is 0 Å². The molecule has 6 heteroatoms. The third-order valence-electron chi connectivity index (χ3n) is 4.26. The highest BCUT2D eigenvalue weighted by Crippen LogP contribution is 2.25. The fourth-order valence-electron chi connectivity index (χ4n) is 3.05. The largest absolute Gasteiger partial charge is 0.444 e. The van der Waals surface area contributed by atoms with Crippen LogP contribution in [-0.2, 0) is 11.2 Å². The van der Waals surface area contributed by atoms with Crippen LogP contribution in [0.25, 0.3) is 0 Å². The van der Waals surface area contributed by atoms with Gasteiger partial charge in [0, 0.05) is 24.2 Å². The van der Waals surface area contributed by atoms with Crippen LogP contribution in [0.15, 0.2) is 18.2 Å². The molecule has 0 saturated carbocycles. The number of hydrogen-bond donors (Lipinski definition) is 1. The maximum atomic E-state index is 14.0. The minimum Gasteiger partial charge on any atom is -0.444 e. The molecule has 1 aliphatic heterocycles. The molecule has 1 aromatic carbocycles. The Bertz CT molecular complexity index is 589. The van der Waals surface area contributed by atoms with Crippen molar-refractivity contribution < 1.29 is 13.9 Å². The highest BCUT2D eigenvalue weighted by Gasteiger charge is 2.33. The first-order valence-corrected chi connectivity index (χ1v) is 8.66. The standard InChI is InChI=1S/C18H26ClFN2O2/c1-18(2,3)24-17(23)22-8-7-12(11-22)16(21-4)10-13-9-14(19)5-6-15(13)20/h5-6,9,12,16,21H,7-8,10-11H2,1-4H3.